The van der Waals surface area contributed by atoms with Crippen LogP contribution in [0.3, 0.4) is 0 Å². The third kappa shape index (κ3) is 2.76. The van der Waals surface area contributed by atoms with Crippen LogP contribution in [0.2, 0.25) is 0 Å². The lowest BCUT2D eigenvalue weighted by molar-refractivity contribution is 0.0665. The van der Waals surface area contributed by atoms with Gasteiger partial charge in [0.2, 0.25) is 0 Å². The van der Waals surface area contributed by atoms with Gasteiger partial charge in [0.05, 0.1) is 0 Å². The number of piperidine rings is 1. The van der Waals surface area contributed by atoms with E-state index in [0.717, 1.165) is 6.54 Å². The summed E-state index contributed by atoms with van der Waals surface area (Å²) in [6.07, 6.45) is 2.54. The number of likely N-dealkylation sites (tertiary alicyclic amines) is 1. The molecule has 2 heteroatoms. The van der Waals surface area contributed by atoms with Crippen molar-refractivity contribution < 1.29 is 0 Å². The van der Waals surface area contributed by atoms with E-state index < -0.39 is 0 Å². The van der Waals surface area contributed by atoms with Gasteiger partial charge in [0.15, 0.2) is 0 Å². The normalized spacial score (nSPS) is 25.6. The summed E-state index contributed by atoms with van der Waals surface area (Å²) in [5.41, 5.74) is 8.79. The first-order valence-corrected chi connectivity index (χ1v) is 7.16. The minimum atomic E-state index is 0.503. The Bertz CT molecular complexity index is 386. The van der Waals surface area contributed by atoms with Crippen LogP contribution in [0.25, 0.3) is 0 Å². The molecule has 1 saturated heterocycles. The van der Waals surface area contributed by atoms with Gasteiger partial charge >= 0.3 is 0 Å². The first-order valence-electron chi connectivity index (χ1n) is 7.16. The van der Waals surface area contributed by atoms with E-state index in [-0.39, 0.29) is 0 Å². The molecule has 2 rings (SSSR count). The Balaban J connectivity index is 2.33. The number of hydrogen-bond donors (Lipinski definition) is 1. The minimum Gasteiger partial charge on any atom is -0.330 e. The molecule has 2 nitrogen and oxygen atoms in total. The van der Waals surface area contributed by atoms with Gasteiger partial charge in [-0.15, -0.1) is 0 Å². The van der Waals surface area contributed by atoms with Gasteiger partial charge in [0.1, 0.15) is 0 Å². The van der Waals surface area contributed by atoms with Crippen LogP contribution in [0.4, 0.5) is 0 Å². The SMILES string of the molecule is Cc1cccc(C2C(CN)CCCN2C(C)C)c1. The molecule has 1 fully saturated rings. The fourth-order valence-corrected chi connectivity index (χ4v) is 3.25. The monoisotopic (exact) mass is 246 g/mol. The van der Waals surface area contributed by atoms with Crippen LogP contribution < -0.4 is 5.73 Å². The van der Waals surface area contributed by atoms with Crippen molar-refractivity contribution in [3.05, 3.63) is 35.4 Å². The molecular formula is C16H26N2. The maximum absolute atomic E-state index is 6.00. The lowest BCUT2D eigenvalue weighted by atomic mass is 9.83. The number of nitrogens with zero attached hydrogens (tertiary/aromatic N) is 1. The van der Waals surface area contributed by atoms with E-state index in [2.05, 4.69) is 49.9 Å². The van der Waals surface area contributed by atoms with Crippen LogP contribution in [0, 0.1) is 12.8 Å². The molecule has 0 bridgehead atoms. The van der Waals surface area contributed by atoms with Gasteiger partial charge in [-0.05, 0) is 58.2 Å². The standard InChI is InChI=1S/C16H26N2/c1-12(2)18-9-5-8-15(11-17)16(18)14-7-4-6-13(3)10-14/h4,6-7,10,12,15-16H,5,8-9,11,17H2,1-3H3. The summed E-state index contributed by atoms with van der Waals surface area (Å²) in [7, 11) is 0. The molecule has 1 aliphatic heterocycles. The topological polar surface area (TPSA) is 29.3 Å². The van der Waals surface area contributed by atoms with Crippen LogP contribution in [0.5, 0.6) is 0 Å². The average Bonchev–Trinajstić information content (AvgIpc) is 2.37. The molecule has 1 aromatic rings. The van der Waals surface area contributed by atoms with Gasteiger partial charge in [-0.2, -0.15) is 0 Å². The predicted molar refractivity (Wildman–Crippen MR) is 77.5 cm³/mol. The highest BCUT2D eigenvalue weighted by Crippen LogP contribution is 2.36. The molecular weight excluding hydrogens is 220 g/mol. The fraction of sp³-hybridized carbons (Fsp3) is 0.625. The lowest BCUT2D eigenvalue weighted by Crippen LogP contribution is -2.44. The van der Waals surface area contributed by atoms with Crippen molar-refractivity contribution in [3.63, 3.8) is 0 Å². The summed E-state index contributed by atoms with van der Waals surface area (Å²) in [6.45, 7) is 8.75. The summed E-state index contributed by atoms with van der Waals surface area (Å²) in [4.78, 5) is 2.62. The largest absolute Gasteiger partial charge is 0.330 e. The Labute approximate surface area is 111 Å². The Kier molecular flexibility index (Phi) is 4.41. The van der Waals surface area contributed by atoms with Gasteiger partial charge in [-0.1, -0.05) is 29.8 Å². The van der Waals surface area contributed by atoms with Crippen molar-refractivity contribution >= 4 is 0 Å². The molecule has 0 aromatic heterocycles. The summed E-state index contributed by atoms with van der Waals surface area (Å²) in [5.74, 6) is 0.600. The maximum Gasteiger partial charge on any atom is 0.0391 e. The zero-order chi connectivity index (χ0) is 13.1. The van der Waals surface area contributed by atoms with Gasteiger partial charge in [-0.3, -0.25) is 4.90 Å². The molecule has 1 aromatic carbocycles. The van der Waals surface area contributed by atoms with Crippen molar-refractivity contribution in [1.29, 1.82) is 0 Å². The van der Waals surface area contributed by atoms with Gasteiger partial charge in [0, 0.05) is 12.1 Å². The summed E-state index contributed by atoms with van der Waals surface area (Å²) >= 11 is 0. The van der Waals surface area contributed by atoms with Crippen LogP contribution in [0.15, 0.2) is 24.3 Å². The van der Waals surface area contributed by atoms with Crippen molar-refractivity contribution in [2.75, 3.05) is 13.1 Å². The van der Waals surface area contributed by atoms with E-state index in [0.29, 0.717) is 18.0 Å². The highest BCUT2D eigenvalue weighted by Gasteiger charge is 2.32. The zero-order valence-electron chi connectivity index (χ0n) is 11.9. The highest BCUT2D eigenvalue weighted by molar-refractivity contribution is 5.26. The van der Waals surface area contributed by atoms with Crippen LogP contribution in [-0.4, -0.2) is 24.0 Å². The Morgan fingerprint density at radius 3 is 2.78 bits per heavy atom. The first-order chi connectivity index (χ1) is 8.63. The average molecular weight is 246 g/mol. The van der Waals surface area contributed by atoms with Crippen LogP contribution in [0.1, 0.15) is 43.9 Å². The van der Waals surface area contributed by atoms with Gasteiger partial charge in [-0.25, -0.2) is 0 Å². The Hall–Kier alpha value is -0.860. The Morgan fingerprint density at radius 1 is 1.39 bits per heavy atom. The van der Waals surface area contributed by atoms with Crippen molar-refractivity contribution in [3.8, 4) is 0 Å². The molecule has 2 unspecified atom stereocenters. The van der Waals surface area contributed by atoms with Crippen molar-refractivity contribution in [2.45, 2.75) is 45.7 Å². The smallest absolute Gasteiger partial charge is 0.0391 e. The van der Waals surface area contributed by atoms with E-state index in [9.17, 15) is 0 Å². The molecule has 2 atom stereocenters. The van der Waals surface area contributed by atoms with Crippen LogP contribution in [-0.2, 0) is 0 Å². The maximum atomic E-state index is 6.00. The summed E-state index contributed by atoms with van der Waals surface area (Å²) in [6, 6.07) is 10.0. The minimum absolute atomic E-state index is 0.503. The quantitative estimate of drug-likeness (QED) is 0.888. The lowest BCUT2D eigenvalue weighted by Gasteiger charge is -2.43. The fourth-order valence-electron chi connectivity index (χ4n) is 3.25. The number of aryl methyl sites for hydroxylation is 1. The molecule has 1 aliphatic rings. The van der Waals surface area contributed by atoms with Gasteiger partial charge in [0.25, 0.3) is 0 Å². The molecule has 0 aliphatic carbocycles. The molecule has 100 valence electrons. The van der Waals surface area contributed by atoms with E-state index in [4.69, 9.17) is 5.73 Å². The number of rotatable bonds is 3. The number of benzene rings is 1. The molecule has 0 radical (unpaired) electrons. The highest BCUT2D eigenvalue weighted by atomic mass is 15.2. The van der Waals surface area contributed by atoms with E-state index in [1.165, 1.54) is 30.5 Å². The van der Waals surface area contributed by atoms with Crippen molar-refractivity contribution in [1.82, 2.24) is 4.90 Å². The van der Waals surface area contributed by atoms with E-state index >= 15 is 0 Å². The Morgan fingerprint density at radius 2 is 2.17 bits per heavy atom. The summed E-state index contributed by atoms with van der Waals surface area (Å²) in [5, 5.41) is 0. The van der Waals surface area contributed by atoms with Gasteiger partial charge < -0.3 is 5.73 Å². The zero-order valence-corrected chi connectivity index (χ0v) is 11.9. The van der Waals surface area contributed by atoms with Crippen molar-refractivity contribution in [2.24, 2.45) is 11.7 Å². The second-order valence-corrected chi connectivity index (χ2v) is 5.83. The number of hydrogen-bond acceptors (Lipinski definition) is 2. The molecule has 0 spiro atoms. The van der Waals surface area contributed by atoms with E-state index in [1.54, 1.807) is 0 Å². The second kappa shape index (κ2) is 5.85. The first kappa shape index (κ1) is 13.6. The summed E-state index contributed by atoms with van der Waals surface area (Å²) < 4.78 is 0. The molecule has 0 amide bonds. The molecule has 0 saturated carbocycles. The third-order valence-electron chi connectivity index (χ3n) is 4.14. The third-order valence-corrected chi connectivity index (χ3v) is 4.14. The second-order valence-electron chi connectivity index (χ2n) is 5.83. The molecule has 1 heterocycles. The molecule has 2 N–H and O–H groups in total. The van der Waals surface area contributed by atoms with Crippen LogP contribution >= 0.6 is 0 Å². The predicted octanol–water partition coefficient (Wildman–Crippen LogP) is 3.12. The van der Waals surface area contributed by atoms with E-state index in [1.807, 2.05) is 0 Å². The molecule has 18 heavy (non-hydrogen) atoms. The number of nitrogens with two attached hydrogens (primary N) is 1.